The van der Waals surface area contributed by atoms with E-state index in [0.717, 1.165) is 65.4 Å². The Morgan fingerprint density at radius 3 is 2.77 bits per heavy atom. The van der Waals surface area contributed by atoms with Crippen molar-refractivity contribution in [1.82, 2.24) is 20.8 Å². The molecule has 2 rings (SSSR count). The number of halogens is 1. The second-order valence-corrected chi connectivity index (χ2v) is 7.60. The Balaban J connectivity index is 0.00000338. The molecule has 0 aliphatic carbocycles. The molecule has 2 aromatic heterocycles. The predicted octanol–water partition coefficient (Wildman–Crippen LogP) is 4.11. The first-order chi connectivity index (χ1) is 12.3. The summed E-state index contributed by atoms with van der Waals surface area (Å²) >= 11 is 3.49. The molecule has 0 radical (unpaired) electrons. The van der Waals surface area contributed by atoms with Crippen LogP contribution in [0.5, 0.6) is 0 Å². The van der Waals surface area contributed by atoms with Crippen LogP contribution in [-0.2, 0) is 19.4 Å². The smallest absolute Gasteiger partial charge is 0.191 e. The number of nitrogens with one attached hydrogen (secondary N) is 2. The third-order valence-corrected chi connectivity index (χ3v) is 5.65. The minimum Gasteiger partial charge on any atom is -0.361 e. The van der Waals surface area contributed by atoms with Crippen molar-refractivity contribution in [2.75, 3.05) is 18.8 Å². The minimum atomic E-state index is 0. The van der Waals surface area contributed by atoms with Gasteiger partial charge in [-0.3, -0.25) is 0 Å². The Bertz CT molecular complexity index is 624. The fourth-order valence-corrected chi connectivity index (χ4v) is 3.98. The van der Waals surface area contributed by atoms with E-state index in [1.54, 1.807) is 23.1 Å². The summed E-state index contributed by atoms with van der Waals surface area (Å²) in [6.07, 6.45) is 4.62. The zero-order chi connectivity index (χ0) is 17.9. The van der Waals surface area contributed by atoms with Crippen molar-refractivity contribution in [3.8, 4) is 0 Å². The molecule has 6 nitrogen and oxygen atoms in total. The zero-order valence-electron chi connectivity index (χ0n) is 15.6. The van der Waals surface area contributed by atoms with Gasteiger partial charge in [0.1, 0.15) is 10.1 Å². The number of hydrogen-bond acceptors (Lipinski definition) is 6. The van der Waals surface area contributed by atoms with E-state index in [2.05, 4.69) is 41.5 Å². The average molecular weight is 509 g/mol. The highest BCUT2D eigenvalue weighted by molar-refractivity contribution is 14.0. The normalized spacial score (nSPS) is 11.3. The summed E-state index contributed by atoms with van der Waals surface area (Å²) in [4.78, 5) is 8.98. The number of rotatable bonds is 10. The van der Waals surface area contributed by atoms with Gasteiger partial charge >= 0.3 is 0 Å². The lowest BCUT2D eigenvalue weighted by Crippen LogP contribution is -2.37. The molecule has 2 N–H and O–H groups in total. The van der Waals surface area contributed by atoms with Gasteiger partial charge in [0.15, 0.2) is 5.96 Å². The molecule has 0 amide bonds. The molecule has 0 atom stereocenters. The van der Waals surface area contributed by atoms with Crippen LogP contribution in [0.4, 0.5) is 0 Å². The maximum absolute atomic E-state index is 5.41. The van der Waals surface area contributed by atoms with Crippen molar-refractivity contribution in [2.45, 2.75) is 50.9 Å². The summed E-state index contributed by atoms with van der Waals surface area (Å²) < 4.78 is 6.54. The van der Waals surface area contributed by atoms with E-state index in [1.165, 1.54) is 0 Å². The van der Waals surface area contributed by atoms with E-state index in [0.29, 0.717) is 6.54 Å². The van der Waals surface area contributed by atoms with Crippen molar-refractivity contribution < 1.29 is 4.52 Å². The first-order valence-electron chi connectivity index (χ1n) is 8.79. The lowest BCUT2D eigenvalue weighted by molar-refractivity contribution is 0.380. The third-order valence-electron chi connectivity index (χ3n) is 3.60. The van der Waals surface area contributed by atoms with Crippen LogP contribution in [0.1, 0.15) is 44.2 Å². The van der Waals surface area contributed by atoms with Gasteiger partial charge in [-0.05, 0) is 19.8 Å². The minimum absolute atomic E-state index is 0. The Kier molecular flexibility index (Phi) is 11.9. The van der Waals surface area contributed by atoms with Crippen molar-refractivity contribution in [1.29, 1.82) is 0 Å². The Hall–Kier alpha value is -0.810. The lowest BCUT2D eigenvalue weighted by Gasteiger charge is -2.11. The SMILES string of the molecule is CCNC(=NCc1c(CC)noc1CC)NCCCSc1nccs1.I. The van der Waals surface area contributed by atoms with Gasteiger partial charge < -0.3 is 15.2 Å². The fourth-order valence-electron chi connectivity index (χ4n) is 2.34. The van der Waals surface area contributed by atoms with Gasteiger partial charge in [0.25, 0.3) is 0 Å². The first kappa shape index (κ1) is 23.2. The largest absolute Gasteiger partial charge is 0.361 e. The molecule has 0 aliphatic heterocycles. The molecular formula is C17H28IN5OS2. The van der Waals surface area contributed by atoms with Gasteiger partial charge in [-0.2, -0.15) is 0 Å². The van der Waals surface area contributed by atoms with Crippen molar-refractivity contribution in [2.24, 2.45) is 4.99 Å². The number of aromatic nitrogens is 2. The lowest BCUT2D eigenvalue weighted by atomic mass is 10.1. The van der Waals surface area contributed by atoms with Crippen LogP contribution in [0.2, 0.25) is 0 Å². The summed E-state index contributed by atoms with van der Waals surface area (Å²) in [5, 5.41) is 12.8. The first-order valence-corrected chi connectivity index (χ1v) is 10.7. The quantitative estimate of drug-likeness (QED) is 0.165. The van der Waals surface area contributed by atoms with Crippen LogP contribution in [-0.4, -0.2) is 34.9 Å². The number of thiazole rings is 1. The highest BCUT2D eigenvalue weighted by atomic mass is 127. The van der Waals surface area contributed by atoms with Gasteiger partial charge in [0.2, 0.25) is 0 Å². The second-order valence-electron chi connectivity index (χ2n) is 5.36. The van der Waals surface area contributed by atoms with Gasteiger partial charge in [-0.1, -0.05) is 30.8 Å². The van der Waals surface area contributed by atoms with Gasteiger partial charge in [-0.25, -0.2) is 9.98 Å². The van der Waals surface area contributed by atoms with Crippen LogP contribution in [0.25, 0.3) is 0 Å². The van der Waals surface area contributed by atoms with Crippen LogP contribution < -0.4 is 10.6 Å². The number of guanidine groups is 1. The van der Waals surface area contributed by atoms with Crippen LogP contribution in [0.3, 0.4) is 0 Å². The molecule has 0 fully saturated rings. The van der Waals surface area contributed by atoms with Crippen molar-refractivity contribution in [3.05, 3.63) is 28.6 Å². The standard InChI is InChI=1S/C17H27N5OS2.HI/c1-4-14-13(15(5-2)23-22-14)12-21-16(18-6-3)19-8-7-10-24-17-20-9-11-25-17;/h9,11H,4-8,10,12H2,1-3H3,(H2,18,19,21);1H. The fraction of sp³-hybridized carbons (Fsp3) is 0.588. The van der Waals surface area contributed by atoms with Crippen LogP contribution in [0.15, 0.2) is 25.4 Å². The van der Waals surface area contributed by atoms with Gasteiger partial charge in [0, 0.05) is 42.4 Å². The third kappa shape index (κ3) is 7.43. The molecule has 9 heteroatoms. The Morgan fingerprint density at radius 1 is 1.27 bits per heavy atom. The zero-order valence-corrected chi connectivity index (χ0v) is 19.5. The summed E-state index contributed by atoms with van der Waals surface area (Å²) in [5.41, 5.74) is 2.14. The number of aryl methyl sites for hydroxylation is 2. The number of thioether (sulfide) groups is 1. The molecular weight excluding hydrogens is 481 g/mol. The van der Waals surface area contributed by atoms with Gasteiger partial charge in [-0.15, -0.1) is 35.3 Å². The van der Waals surface area contributed by atoms with E-state index in [-0.39, 0.29) is 24.0 Å². The van der Waals surface area contributed by atoms with Crippen molar-refractivity contribution in [3.63, 3.8) is 0 Å². The molecule has 0 aliphatic rings. The number of hydrogen-bond donors (Lipinski definition) is 2. The maximum atomic E-state index is 5.41. The molecule has 2 heterocycles. The summed E-state index contributed by atoms with van der Waals surface area (Å²) in [5.74, 6) is 2.83. The number of aliphatic imine (C=N–C) groups is 1. The summed E-state index contributed by atoms with van der Waals surface area (Å²) in [7, 11) is 0. The molecule has 0 aromatic carbocycles. The van der Waals surface area contributed by atoms with Crippen molar-refractivity contribution >= 4 is 53.0 Å². The van der Waals surface area contributed by atoms with E-state index >= 15 is 0 Å². The molecule has 146 valence electrons. The van der Waals surface area contributed by atoms with E-state index in [4.69, 9.17) is 9.52 Å². The summed E-state index contributed by atoms with van der Waals surface area (Å²) in [6.45, 7) is 8.56. The molecule has 0 saturated heterocycles. The average Bonchev–Trinajstić information content (AvgIpc) is 3.28. The molecule has 0 unspecified atom stereocenters. The second kappa shape index (κ2) is 13.4. The van der Waals surface area contributed by atoms with E-state index in [1.807, 2.05) is 11.6 Å². The summed E-state index contributed by atoms with van der Waals surface area (Å²) in [6, 6.07) is 0. The molecule has 2 aromatic rings. The highest BCUT2D eigenvalue weighted by Gasteiger charge is 2.13. The van der Waals surface area contributed by atoms with Crippen LogP contribution >= 0.6 is 47.1 Å². The monoisotopic (exact) mass is 509 g/mol. The highest BCUT2D eigenvalue weighted by Crippen LogP contribution is 2.20. The molecule has 0 saturated carbocycles. The molecule has 0 bridgehead atoms. The van der Waals surface area contributed by atoms with Gasteiger partial charge in [0.05, 0.1) is 12.2 Å². The maximum Gasteiger partial charge on any atom is 0.191 e. The molecule has 26 heavy (non-hydrogen) atoms. The Morgan fingerprint density at radius 2 is 2.12 bits per heavy atom. The molecule has 0 spiro atoms. The Labute approximate surface area is 181 Å². The topological polar surface area (TPSA) is 75.3 Å². The predicted molar refractivity (Wildman–Crippen MR) is 121 cm³/mol. The number of nitrogens with zero attached hydrogens (tertiary/aromatic N) is 3. The van der Waals surface area contributed by atoms with E-state index < -0.39 is 0 Å². The van der Waals surface area contributed by atoms with Crippen LogP contribution in [0, 0.1) is 0 Å². The van der Waals surface area contributed by atoms with E-state index in [9.17, 15) is 0 Å².